The highest BCUT2D eigenvalue weighted by Crippen LogP contribution is 2.20. The number of hydrogen-bond donors (Lipinski definition) is 0. The average molecular weight is 394 g/mol. The Labute approximate surface area is 168 Å². The predicted molar refractivity (Wildman–Crippen MR) is 108 cm³/mol. The van der Waals surface area contributed by atoms with Crippen molar-refractivity contribution in [2.75, 3.05) is 13.1 Å². The largest absolute Gasteiger partial charge is 0.457 e. The summed E-state index contributed by atoms with van der Waals surface area (Å²) >= 11 is 0. The van der Waals surface area contributed by atoms with Gasteiger partial charge in [-0.2, -0.15) is 0 Å². The van der Waals surface area contributed by atoms with Crippen LogP contribution in [0.15, 0.2) is 60.2 Å². The Morgan fingerprint density at radius 1 is 1.21 bits per heavy atom. The van der Waals surface area contributed by atoms with Crippen LogP contribution in [-0.2, 0) is 20.9 Å². The van der Waals surface area contributed by atoms with Crippen molar-refractivity contribution in [3.8, 4) is 0 Å². The lowest BCUT2D eigenvalue weighted by Crippen LogP contribution is -2.26. The summed E-state index contributed by atoms with van der Waals surface area (Å²) in [4.78, 5) is 37.1. The second-order valence-corrected chi connectivity index (χ2v) is 7.00. The van der Waals surface area contributed by atoms with Crippen molar-refractivity contribution in [2.45, 2.75) is 26.0 Å². The molecule has 0 saturated carbocycles. The van der Waals surface area contributed by atoms with Crippen molar-refractivity contribution in [1.82, 2.24) is 4.90 Å². The van der Waals surface area contributed by atoms with Gasteiger partial charge in [-0.3, -0.25) is 19.8 Å². The fraction of sp³-hybridized carbons (Fsp3) is 0.273. The van der Waals surface area contributed by atoms with E-state index in [1.807, 2.05) is 18.2 Å². The average Bonchev–Trinajstić information content (AvgIpc) is 3.13. The molecule has 1 fully saturated rings. The molecular formula is C22H22N2O5. The van der Waals surface area contributed by atoms with E-state index >= 15 is 0 Å². The van der Waals surface area contributed by atoms with Crippen molar-refractivity contribution in [3.63, 3.8) is 0 Å². The zero-order chi connectivity index (χ0) is 20.8. The lowest BCUT2D eigenvalue weighted by atomic mass is 10.1. The van der Waals surface area contributed by atoms with Gasteiger partial charge in [0.2, 0.25) is 0 Å². The van der Waals surface area contributed by atoms with Crippen molar-refractivity contribution >= 4 is 23.5 Å². The lowest BCUT2D eigenvalue weighted by molar-refractivity contribution is -0.384. The van der Waals surface area contributed by atoms with Crippen LogP contribution in [0.4, 0.5) is 5.69 Å². The molecule has 0 radical (unpaired) electrons. The summed E-state index contributed by atoms with van der Waals surface area (Å²) in [5.74, 6) is -1.14. The number of esters is 1. The van der Waals surface area contributed by atoms with Gasteiger partial charge in [-0.15, -0.1) is 0 Å². The zero-order valence-electron chi connectivity index (χ0n) is 16.1. The molecule has 0 aromatic heterocycles. The van der Waals surface area contributed by atoms with Crippen LogP contribution in [0.1, 0.15) is 24.5 Å². The predicted octanol–water partition coefficient (Wildman–Crippen LogP) is 3.38. The Morgan fingerprint density at radius 2 is 1.97 bits per heavy atom. The molecule has 7 heteroatoms. The van der Waals surface area contributed by atoms with E-state index in [4.69, 9.17) is 4.74 Å². The van der Waals surface area contributed by atoms with Gasteiger partial charge in [0.25, 0.3) is 5.69 Å². The Morgan fingerprint density at radius 3 is 2.66 bits per heavy atom. The maximum Gasteiger partial charge on any atom is 0.342 e. The summed E-state index contributed by atoms with van der Waals surface area (Å²) in [6, 6.07) is 15.8. The molecule has 150 valence electrons. The number of carbonyl (C=O) groups excluding carboxylic acids is 2. The first-order chi connectivity index (χ1) is 13.9. The molecule has 1 aliphatic heterocycles. The number of carbonyl (C=O) groups is 2. The van der Waals surface area contributed by atoms with Crippen LogP contribution in [0, 0.1) is 10.1 Å². The first-order valence-corrected chi connectivity index (χ1v) is 9.36. The molecule has 7 nitrogen and oxygen atoms in total. The third-order valence-electron chi connectivity index (χ3n) is 4.74. The monoisotopic (exact) mass is 394 g/mol. The van der Waals surface area contributed by atoms with Gasteiger partial charge in [0.1, 0.15) is 11.7 Å². The number of non-ortho nitro benzene ring substituents is 1. The van der Waals surface area contributed by atoms with Crippen LogP contribution in [-0.4, -0.2) is 40.8 Å². The Balaban J connectivity index is 1.65. The number of likely N-dealkylation sites (tertiary alicyclic amines) is 1. The number of nitrogens with zero attached hydrogens (tertiary/aromatic N) is 2. The van der Waals surface area contributed by atoms with Gasteiger partial charge in [0.15, 0.2) is 5.78 Å². The molecule has 0 aliphatic carbocycles. The maximum absolute atomic E-state index is 12.6. The molecule has 0 bridgehead atoms. The molecular weight excluding hydrogens is 372 g/mol. The fourth-order valence-electron chi connectivity index (χ4n) is 3.29. The molecule has 1 saturated heterocycles. The number of benzene rings is 2. The molecule has 1 atom stereocenters. The minimum atomic E-state index is -0.699. The number of ether oxygens (including phenoxy) is 1. The quantitative estimate of drug-likeness (QED) is 0.179. The van der Waals surface area contributed by atoms with Gasteiger partial charge in [-0.1, -0.05) is 42.5 Å². The number of rotatable bonds is 7. The molecule has 29 heavy (non-hydrogen) atoms. The van der Waals surface area contributed by atoms with Crippen molar-refractivity contribution < 1.29 is 19.2 Å². The van der Waals surface area contributed by atoms with E-state index < -0.39 is 16.7 Å². The summed E-state index contributed by atoms with van der Waals surface area (Å²) in [5.41, 5.74) is 1.36. The second kappa shape index (κ2) is 9.25. The SMILES string of the molecule is CC(=O)C(=Cc1cccc([N+](=O)[O-])c1)C(=O)O[C@H]1CCN(Cc2ccccc2)C1. The number of nitro groups is 1. The van der Waals surface area contributed by atoms with Crippen LogP contribution in [0.3, 0.4) is 0 Å². The van der Waals surface area contributed by atoms with Crippen LogP contribution in [0.2, 0.25) is 0 Å². The molecule has 1 heterocycles. The highest BCUT2D eigenvalue weighted by atomic mass is 16.6. The van der Waals surface area contributed by atoms with E-state index in [1.54, 1.807) is 6.07 Å². The van der Waals surface area contributed by atoms with E-state index in [2.05, 4.69) is 17.0 Å². The summed E-state index contributed by atoms with van der Waals surface area (Å²) < 4.78 is 5.55. The highest BCUT2D eigenvalue weighted by molar-refractivity contribution is 6.19. The van der Waals surface area contributed by atoms with Gasteiger partial charge in [0, 0.05) is 31.8 Å². The molecule has 2 aromatic rings. The standard InChI is InChI=1S/C22H22N2O5/c1-16(25)21(13-18-8-5-9-19(12-18)24(27)28)22(26)29-20-10-11-23(15-20)14-17-6-3-2-4-7-17/h2-9,12-13,20H,10-11,14-15H2,1H3/t20-/m0/s1. The van der Waals surface area contributed by atoms with Crippen LogP contribution in [0.5, 0.6) is 0 Å². The van der Waals surface area contributed by atoms with Crippen LogP contribution < -0.4 is 0 Å². The molecule has 0 spiro atoms. The number of Topliss-reactive ketones (excluding diaryl/α,β-unsaturated/α-hetero) is 1. The van der Waals surface area contributed by atoms with Gasteiger partial charge in [0.05, 0.1) is 4.92 Å². The summed E-state index contributed by atoms with van der Waals surface area (Å²) in [5, 5.41) is 10.9. The summed E-state index contributed by atoms with van der Waals surface area (Å²) in [7, 11) is 0. The Kier molecular flexibility index (Phi) is 6.51. The Hall–Kier alpha value is -3.32. The fourth-order valence-corrected chi connectivity index (χ4v) is 3.29. The van der Waals surface area contributed by atoms with E-state index in [1.165, 1.54) is 36.8 Å². The van der Waals surface area contributed by atoms with Crippen LogP contribution in [0.25, 0.3) is 6.08 Å². The minimum absolute atomic E-state index is 0.109. The number of nitro benzene ring substituents is 1. The van der Waals surface area contributed by atoms with Crippen molar-refractivity contribution in [2.24, 2.45) is 0 Å². The van der Waals surface area contributed by atoms with Crippen LogP contribution >= 0.6 is 0 Å². The van der Waals surface area contributed by atoms with Crippen molar-refractivity contribution in [1.29, 1.82) is 0 Å². The van der Waals surface area contributed by atoms with Gasteiger partial charge >= 0.3 is 5.97 Å². The van der Waals surface area contributed by atoms with Gasteiger partial charge in [-0.25, -0.2) is 4.79 Å². The molecule has 1 aliphatic rings. The third kappa shape index (κ3) is 5.58. The molecule has 0 amide bonds. The van der Waals surface area contributed by atoms with Crippen molar-refractivity contribution in [3.05, 3.63) is 81.4 Å². The molecule has 0 N–H and O–H groups in total. The minimum Gasteiger partial charge on any atom is -0.457 e. The normalized spacial score (nSPS) is 17.1. The lowest BCUT2D eigenvalue weighted by Gasteiger charge is -2.16. The van der Waals surface area contributed by atoms with E-state index in [0.717, 1.165) is 13.1 Å². The summed E-state index contributed by atoms with van der Waals surface area (Å²) in [6.07, 6.45) is 1.74. The first-order valence-electron chi connectivity index (χ1n) is 9.36. The van der Waals surface area contributed by atoms with E-state index in [0.29, 0.717) is 18.5 Å². The number of ketones is 1. The first kappa shape index (κ1) is 20.4. The second-order valence-electron chi connectivity index (χ2n) is 7.00. The molecule has 3 rings (SSSR count). The maximum atomic E-state index is 12.6. The highest BCUT2D eigenvalue weighted by Gasteiger charge is 2.28. The van der Waals surface area contributed by atoms with Gasteiger partial charge < -0.3 is 4.74 Å². The third-order valence-corrected chi connectivity index (χ3v) is 4.74. The topological polar surface area (TPSA) is 89.8 Å². The van der Waals surface area contributed by atoms with Gasteiger partial charge in [-0.05, 0) is 30.5 Å². The molecule has 0 unspecified atom stereocenters. The smallest absolute Gasteiger partial charge is 0.342 e. The van der Waals surface area contributed by atoms with E-state index in [9.17, 15) is 19.7 Å². The number of hydrogen-bond acceptors (Lipinski definition) is 6. The van der Waals surface area contributed by atoms with E-state index in [-0.39, 0.29) is 17.4 Å². The summed E-state index contributed by atoms with van der Waals surface area (Å²) in [6.45, 7) is 3.46. The Bertz CT molecular complexity index is 939. The molecule has 2 aromatic carbocycles. The zero-order valence-corrected chi connectivity index (χ0v) is 16.1.